The van der Waals surface area contributed by atoms with Gasteiger partial charge in [0.25, 0.3) is 0 Å². The maximum atomic E-state index is 12.5. The highest BCUT2D eigenvalue weighted by atomic mass is 16.5. The molecule has 0 saturated carbocycles. The Morgan fingerprint density at radius 2 is 2.00 bits per heavy atom. The number of nitrogens with one attached hydrogen (secondary N) is 1. The normalized spacial score (nSPS) is 13.1. The Labute approximate surface area is 166 Å². The molecule has 150 valence electrons. The first-order valence-electron chi connectivity index (χ1n) is 10.0. The molecule has 0 radical (unpaired) electrons. The molecule has 0 spiro atoms. The number of carbonyl (C=O) groups is 2. The quantitative estimate of drug-likeness (QED) is 0.707. The van der Waals surface area contributed by atoms with Gasteiger partial charge in [0.05, 0.1) is 18.8 Å². The molecule has 3 rings (SSSR count). The van der Waals surface area contributed by atoms with Gasteiger partial charge < -0.3 is 9.64 Å². The van der Waals surface area contributed by atoms with Gasteiger partial charge in [0, 0.05) is 31.1 Å². The zero-order valence-corrected chi connectivity index (χ0v) is 17.0. The van der Waals surface area contributed by atoms with Crippen LogP contribution in [0.2, 0.25) is 0 Å². The average Bonchev–Trinajstić information content (AvgIpc) is 3.10. The van der Waals surface area contributed by atoms with Gasteiger partial charge in [0.2, 0.25) is 5.91 Å². The van der Waals surface area contributed by atoms with Crippen LogP contribution in [0.1, 0.15) is 65.5 Å². The number of fused-ring (bicyclic) bond motifs is 1. The van der Waals surface area contributed by atoms with Gasteiger partial charge in [0.15, 0.2) is 5.78 Å². The van der Waals surface area contributed by atoms with Gasteiger partial charge >= 0.3 is 0 Å². The second-order valence-corrected chi connectivity index (χ2v) is 7.42. The summed E-state index contributed by atoms with van der Waals surface area (Å²) in [6.07, 6.45) is 4.84. The molecule has 1 aliphatic rings. The van der Waals surface area contributed by atoms with Gasteiger partial charge in [0.1, 0.15) is 5.75 Å². The molecular weight excluding hydrogens is 354 g/mol. The van der Waals surface area contributed by atoms with Gasteiger partial charge in [-0.25, -0.2) is 0 Å². The summed E-state index contributed by atoms with van der Waals surface area (Å²) in [7, 11) is 1.78. The van der Waals surface area contributed by atoms with Crippen molar-refractivity contribution in [3.8, 4) is 5.75 Å². The van der Waals surface area contributed by atoms with Crippen molar-refractivity contribution < 1.29 is 14.3 Å². The number of carbonyl (C=O) groups excluding carboxylic acids is 2. The van der Waals surface area contributed by atoms with E-state index >= 15 is 0 Å². The molecule has 0 unspecified atom stereocenters. The number of aromatic amines is 1. The van der Waals surface area contributed by atoms with Crippen molar-refractivity contribution in [1.29, 1.82) is 0 Å². The first-order valence-corrected chi connectivity index (χ1v) is 10.0. The number of aromatic nitrogens is 2. The van der Waals surface area contributed by atoms with E-state index in [1.807, 2.05) is 26.0 Å². The predicted molar refractivity (Wildman–Crippen MR) is 108 cm³/mol. The summed E-state index contributed by atoms with van der Waals surface area (Å²) in [6.45, 7) is 4.93. The van der Waals surface area contributed by atoms with E-state index in [-0.39, 0.29) is 24.5 Å². The number of rotatable bonds is 8. The van der Waals surface area contributed by atoms with E-state index in [9.17, 15) is 9.59 Å². The third kappa shape index (κ3) is 4.61. The molecule has 0 saturated heterocycles. The largest absolute Gasteiger partial charge is 0.494 e. The SMILES string of the molecule is CCOc1ccc(C(=O)CCC(=O)N(C)Cc2n[nH]c3c2CCCC3)cc1C. The lowest BCUT2D eigenvalue weighted by Gasteiger charge is -2.18. The molecule has 0 bridgehead atoms. The number of ether oxygens (including phenoxy) is 1. The Bertz CT molecular complexity index is 857. The molecule has 2 aromatic rings. The maximum absolute atomic E-state index is 12.5. The lowest BCUT2D eigenvalue weighted by molar-refractivity contribution is -0.130. The highest BCUT2D eigenvalue weighted by Crippen LogP contribution is 2.23. The van der Waals surface area contributed by atoms with Crippen LogP contribution >= 0.6 is 0 Å². The van der Waals surface area contributed by atoms with E-state index in [1.54, 1.807) is 18.0 Å². The summed E-state index contributed by atoms with van der Waals surface area (Å²) in [5.41, 5.74) is 4.99. The molecule has 0 fully saturated rings. The number of nitrogens with zero attached hydrogens (tertiary/aromatic N) is 2. The lowest BCUT2D eigenvalue weighted by Crippen LogP contribution is -2.27. The fourth-order valence-corrected chi connectivity index (χ4v) is 3.69. The highest BCUT2D eigenvalue weighted by molar-refractivity contribution is 5.98. The van der Waals surface area contributed by atoms with Crippen molar-refractivity contribution >= 4 is 11.7 Å². The molecule has 28 heavy (non-hydrogen) atoms. The predicted octanol–water partition coefficient (Wildman–Crippen LogP) is 3.62. The molecule has 1 N–H and O–H groups in total. The second kappa shape index (κ2) is 9.04. The third-order valence-corrected chi connectivity index (χ3v) is 5.32. The van der Waals surface area contributed by atoms with Crippen molar-refractivity contribution in [1.82, 2.24) is 15.1 Å². The highest BCUT2D eigenvalue weighted by Gasteiger charge is 2.20. The van der Waals surface area contributed by atoms with Crippen LogP contribution in [-0.2, 0) is 24.2 Å². The molecule has 1 amide bonds. The number of hydrogen-bond donors (Lipinski definition) is 1. The van der Waals surface area contributed by atoms with Crippen LogP contribution < -0.4 is 4.74 Å². The Morgan fingerprint density at radius 1 is 1.21 bits per heavy atom. The van der Waals surface area contributed by atoms with Crippen molar-refractivity contribution in [2.45, 2.75) is 58.9 Å². The molecule has 1 heterocycles. The fourth-order valence-electron chi connectivity index (χ4n) is 3.69. The molecule has 0 atom stereocenters. The Balaban J connectivity index is 1.54. The van der Waals surface area contributed by atoms with Crippen LogP contribution in [0.25, 0.3) is 0 Å². The van der Waals surface area contributed by atoms with E-state index in [0.717, 1.165) is 29.8 Å². The van der Waals surface area contributed by atoms with Crippen molar-refractivity contribution in [2.75, 3.05) is 13.7 Å². The van der Waals surface area contributed by atoms with E-state index in [4.69, 9.17) is 4.74 Å². The number of aryl methyl sites for hydroxylation is 2. The minimum atomic E-state index is -0.0384. The summed E-state index contributed by atoms with van der Waals surface area (Å²) in [6, 6.07) is 5.42. The number of amides is 1. The standard InChI is InChI=1S/C22H29N3O3/c1-4-28-21-11-9-16(13-15(21)2)20(26)10-12-22(27)25(3)14-19-17-7-5-6-8-18(17)23-24-19/h9,11,13H,4-8,10,12,14H2,1-3H3,(H,23,24). The van der Waals surface area contributed by atoms with Crippen LogP contribution in [0.4, 0.5) is 0 Å². The van der Waals surface area contributed by atoms with E-state index in [1.165, 1.54) is 24.1 Å². The lowest BCUT2D eigenvalue weighted by atomic mass is 9.96. The minimum absolute atomic E-state index is 0.0231. The monoisotopic (exact) mass is 383 g/mol. The van der Waals surface area contributed by atoms with Gasteiger partial charge in [-0.1, -0.05) is 0 Å². The van der Waals surface area contributed by atoms with Gasteiger partial charge in [-0.3, -0.25) is 14.7 Å². The smallest absolute Gasteiger partial charge is 0.223 e. The molecule has 1 aromatic carbocycles. The van der Waals surface area contributed by atoms with Crippen LogP contribution in [0, 0.1) is 6.92 Å². The summed E-state index contributed by atoms with van der Waals surface area (Å²) >= 11 is 0. The third-order valence-electron chi connectivity index (χ3n) is 5.32. The van der Waals surface area contributed by atoms with Crippen molar-refractivity contribution in [3.05, 3.63) is 46.3 Å². The molecule has 6 nitrogen and oxygen atoms in total. The Hall–Kier alpha value is -2.63. The van der Waals surface area contributed by atoms with Crippen molar-refractivity contribution in [3.63, 3.8) is 0 Å². The van der Waals surface area contributed by atoms with Crippen molar-refractivity contribution in [2.24, 2.45) is 0 Å². The van der Waals surface area contributed by atoms with Gasteiger partial charge in [-0.2, -0.15) is 5.10 Å². The molecule has 1 aliphatic carbocycles. The summed E-state index contributed by atoms with van der Waals surface area (Å²) in [5, 5.41) is 7.51. The summed E-state index contributed by atoms with van der Waals surface area (Å²) in [4.78, 5) is 26.6. The average molecular weight is 383 g/mol. The van der Waals surface area contributed by atoms with Crippen LogP contribution in [-0.4, -0.2) is 40.4 Å². The summed E-state index contributed by atoms with van der Waals surface area (Å²) < 4.78 is 5.51. The van der Waals surface area contributed by atoms with E-state index in [2.05, 4.69) is 10.2 Å². The second-order valence-electron chi connectivity index (χ2n) is 7.42. The van der Waals surface area contributed by atoms with Crippen LogP contribution in [0.5, 0.6) is 5.75 Å². The molecule has 0 aliphatic heterocycles. The number of hydrogen-bond acceptors (Lipinski definition) is 4. The number of Topliss-reactive ketones (excluding diaryl/α,β-unsaturated/α-hetero) is 1. The number of ketones is 1. The maximum Gasteiger partial charge on any atom is 0.223 e. The van der Waals surface area contributed by atoms with Crippen LogP contribution in [0.3, 0.4) is 0 Å². The molecule has 1 aromatic heterocycles. The Kier molecular flexibility index (Phi) is 6.49. The fraction of sp³-hybridized carbons (Fsp3) is 0.500. The zero-order chi connectivity index (χ0) is 20.1. The molecule has 6 heteroatoms. The number of benzene rings is 1. The van der Waals surface area contributed by atoms with Crippen LogP contribution in [0.15, 0.2) is 18.2 Å². The van der Waals surface area contributed by atoms with Gasteiger partial charge in [-0.15, -0.1) is 0 Å². The first kappa shape index (κ1) is 20.1. The van der Waals surface area contributed by atoms with Gasteiger partial charge in [-0.05, 0) is 68.9 Å². The van der Waals surface area contributed by atoms with E-state index in [0.29, 0.717) is 18.7 Å². The topological polar surface area (TPSA) is 75.3 Å². The first-order chi connectivity index (χ1) is 13.5. The minimum Gasteiger partial charge on any atom is -0.494 e. The van der Waals surface area contributed by atoms with E-state index < -0.39 is 0 Å². The number of H-pyrrole nitrogens is 1. The summed E-state index contributed by atoms with van der Waals surface area (Å²) in [5.74, 6) is 0.728. The Morgan fingerprint density at radius 3 is 2.75 bits per heavy atom. The zero-order valence-electron chi connectivity index (χ0n) is 17.0. The molecular formula is C22H29N3O3.